The molecule has 0 amide bonds. The van der Waals surface area contributed by atoms with E-state index in [0.29, 0.717) is 11.0 Å². The van der Waals surface area contributed by atoms with Crippen LogP contribution in [0.1, 0.15) is 26.3 Å². The maximum atomic E-state index is 9.98. The molecule has 2 aromatic carbocycles. The quantitative estimate of drug-likeness (QED) is 0.797. The van der Waals surface area contributed by atoms with Crippen molar-refractivity contribution in [3.05, 3.63) is 48.0 Å². The molecule has 2 N–H and O–H groups in total. The number of hydrogen-bond donors (Lipinski definition) is 2. The Kier molecular flexibility index (Phi) is 6.00. The van der Waals surface area contributed by atoms with Gasteiger partial charge in [0.1, 0.15) is 0 Å². The van der Waals surface area contributed by atoms with E-state index < -0.39 is 15.2 Å². The summed E-state index contributed by atoms with van der Waals surface area (Å²) in [5.74, 6) is 0. The van der Waals surface area contributed by atoms with Crippen LogP contribution in [0.3, 0.4) is 0 Å². The molecular formula is C19H24BNO2Si. The van der Waals surface area contributed by atoms with E-state index in [1.165, 1.54) is 0 Å². The molecule has 124 valence electrons. The maximum absolute atomic E-state index is 9.98. The Bertz CT molecular complexity index is 729. The standard InChI is InChI=1S/C19H24BNO2Si/c1-4-24(5-2,6-3)19-17(20(22)23)13-12-16(14-21)18(19)15-10-8-7-9-11-15/h7-13,22-23H,4-6H2,1-3H3. The van der Waals surface area contributed by atoms with E-state index in [1.807, 2.05) is 30.3 Å². The molecule has 0 aliphatic heterocycles. The highest BCUT2D eigenvalue weighted by atomic mass is 28.3. The molecule has 0 saturated heterocycles. The molecule has 0 saturated carbocycles. The Balaban J connectivity index is 2.95. The Morgan fingerprint density at radius 3 is 2.00 bits per heavy atom. The van der Waals surface area contributed by atoms with Crippen molar-refractivity contribution in [1.82, 2.24) is 0 Å². The van der Waals surface area contributed by atoms with Crippen molar-refractivity contribution in [2.75, 3.05) is 0 Å². The molecule has 0 heterocycles. The van der Waals surface area contributed by atoms with E-state index in [4.69, 9.17) is 0 Å². The van der Waals surface area contributed by atoms with Gasteiger partial charge in [-0.3, -0.25) is 0 Å². The van der Waals surface area contributed by atoms with E-state index >= 15 is 0 Å². The molecule has 0 unspecified atom stereocenters. The van der Waals surface area contributed by atoms with Crippen LogP contribution in [-0.4, -0.2) is 25.2 Å². The topological polar surface area (TPSA) is 64.2 Å². The van der Waals surface area contributed by atoms with Crippen molar-refractivity contribution in [3.63, 3.8) is 0 Å². The van der Waals surface area contributed by atoms with Crippen molar-refractivity contribution < 1.29 is 10.0 Å². The van der Waals surface area contributed by atoms with Crippen LogP contribution < -0.4 is 10.6 Å². The molecule has 5 heteroatoms. The summed E-state index contributed by atoms with van der Waals surface area (Å²) in [6, 6.07) is 18.6. The second-order valence-electron chi connectivity index (χ2n) is 6.14. The van der Waals surface area contributed by atoms with Crippen LogP contribution in [-0.2, 0) is 0 Å². The number of rotatable bonds is 6. The number of nitrogens with zero attached hydrogens (tertiary/aromatic N) is 1. The van der Waals surface area contributed by atoms with Crippen LogP contribution in [0.5, 0.6) is 0 Å². The highest BCUT2D eigenvalue weighted by Gasteiger charge is 2.37. The highest BCUT2D eigenvalue weighted by molar-refractivity contribution is 6.96. The highest BCUT2D eigenvalue weighted by Crippen LogP contribution is 2.28. The fourth-order valence-corrected chi connectivity index (χ4v) is 7.88. The molecule has 0 atom stereocenters. The van der Waals surface area contributed by atoms with Crippen molar-refractivity contribution in [2.45, 2.75) is 38.9 Å². The Hall–Kier alpha value is -1.87. The first-order valence-corrected chi connectivity index (χ1v) is 11.2. The van der Waals surface area contributed by atoms with Gasteiger partial charge in [-0.25, -0.2) is 0 Å². The second-order valence-corrected chi connectivity index (χ2v) is 11.3. The predicted molar refractivity (Wildman–Crippen MR) is 103 cm³/mol. The summed E-state index contributed by atoms with van der Waals surface area (Å²) >= 11 is 0. The lowest BCUT2D eigenvalue weighted by Crippen LogP contribution is -2.58. The summed E-state index contributed by atoms with van der Waals surface area (Å²) in [6.07, 6.45) is 0. The zero-order valence-corrected chi connectivity index (χ0v) is 15.6. The van der Waals surface area contributed by atoms with Crippen molar-refractivity contribution in [3.8, 4) is 17.2 Å². The molecule has 0 radical (unpaired) electrons. The minimum atomic E-state index is -1.95. The van der Waals surface area contributed by atoms with E-state index in [9.17, 15) is 15.3 Å². The summed E-state index contributed by atoms with van der Waals surface area (Å²) in [5, 5.41) is 30.7. The summed E-state index contributed by atoms with van der Waals surface area (Å²) in [4.78, 5) is 0. The number of hydrogen-bond acceptors (Lipinski definition) is 3. The summed E-state index contributed by atoms with van der Waals surface area (Å²) in [6.45, 7) is 6.54. The van der Waals surface area contributed by atoms with Gasteiger partial charge in [-0.1, -0.05) is 80.5 Å². The zero-order chi connectivity index (χ0) is 17.7. The van der Waals surface area contributed by atoms with Crippen LogP contribution >= 0.6 is 0 Å². The molecule has 24 heavy (non-hydrogen) atoms. The first-order valence-electron chi connectivity index (χ1n) is 8.53. The van der Waals surface area contributed by atoms with Gasteiger partial charge in [-0.15, -0.1) is 0 Å². The van der Waals surface area contributed by atoms with Crippen LogP contribution in [0.4, 0.5) is 0 Å². The Labute approximate surface area is 145 Å². The lowest BCUT2D eigenvalue weighted by Gasteiger charge is -2.34. The summed E-state index contributed by atoms with van der Waals surface area (Å²) in [5.41, 5.74) is 3.03. The molecule has 0 fully saturated rings. The Morgan fingerprint density at radius 1 is 0.958 bits per heavy atom. The fourth-order valence-electron chi connectivity index (χ4n) is 3.68. The lowest BCUT2D eigenvalue weighted by atomic mass is 9.78. The molecule has 0 spiro atoms. The molecule has 2 aromatic rings. The van der Waals surface area contributed by atoms with Crippen molar-refractivity contribution in [1.29, 1.82) is 5.26 Å². The van der Waals surface area contributed by atoms with Crippen LogP contribution in [0, 0.1) is 11.3 Å². The largest absolute Gasteiger partial charge is 0.488 e. The Morgan fingerprint density at radius 2 is 1.54 bits per heavy atom. The third kappa shape index (κ3) is 3.18. The van der Waals surface area contributed by atoms with Gasteiger partial charge in [0.05, 0.1) is 19.7 Å². The lowest BCUT2D eigenvalue weighted by molar-refractivity contribution is 0.426. The monoisotopic (exact) mass is 337 g/mol. The molecule has 0 aliphatic carbocycles. The summed E-state index contributed by atoms with van der Waals surface area (Å²) in [7, 11) is -3.47. The number of nitriles is 1. The van der Waals surface area contributed by atoms with Gasteiger partial charge in [0, 0.05) is 0 Å². The normalized spacial score (nSPS) is 11.2. The van der Waals surface area contributed by atoms with Gasteiger partial charge in [0.2, 0.25) is 0 Å². The minimum absolute atomic E-state index is 0.560. The van der Waals surface area contributed by atoms with Gasteiger partial charge in [0.25, 0.3) is 0 Å². The third-order valence-electron chi connectivity index (χ3n) is 5.26. The second kappa shape index (κ2) is 7.80. The third-order valence-corrected chi connectivity index (χ3v) is 10.9. The fraction of sp³-hybridized carbons (Fsp3) is 0.316. The molecule has 3 nitrogen and oxygen atoms in total. The molecule has 0 bridgehead atoms. The minimum Gasteiger partial charge on any atom is -0.423 e. The van der Waals surface area contributed by atoms with Crippen molar-refractivity contribution in [2.24, 2.45) is 0 Å². The van der Waals surface area contributed by atoms with Crippen LogP contribution in [0.25, 0.3) is 11.1 Å². The average Bonchev–Trinajstić information content (AvgIpc) is 2.63. The molecule has 2 rings (SSSR count). The molecule has 0 aromatic heterocycles. The number of benzene rings is 2. The SMILES string of the molecule is CC[Si](CC)(CC)c1c(B(O)O)ccc(C#N)c1-c1ccccc1. The van der Waals surface area contributed by atoms with Crippen molar-refractivity contribution >= 4 is 25.8 Å². The van der Waals surface area contributed by atoms with Gasteiger partial charge in [-0.2, -0.15) is 5.26 Å². The van der Waals surface area contributed by atoms with E-state index in [-0.39, 0.29) is 0 Å². The van der Waals surface area contributed by atoms with Gasteiger partial charge >= 0.3 is 7.12 Å². The molecular weight excluding hydrogens is 313 g/mol. The predicted octanol–water partition coefficient (Wildman–Crippen LogP) is 2.62. The van der Waals surface area contributed by atoms with Crippen LogP contribution in [0.2, 0.25) is 18.1 Å². The van der Waals surface area contributed by atoms with Gasteiger partial charge < -0.3 is 10.0 Å². The smallest absolute Gasteiger partial charge is 0.423 e. The van der Waals surface area contributed by atoms with Crippen LogP contribution in [0.15, 0.2) is 42.5 Å². The van der Waals surface area contributed by atoms with Gasteiger partial charge in [-0.05, 0) is 22.7 Å². The van der Waals surface area contributed by atoms with E-state index in [0.717, 1.165) is 34.4 Å². The van der Waals surface area contributed by atoms with Gasteiger partial charge in [0.15, 0.2) is 0 Å². The maximum Gasteiger partial charge on any atom is 0.488 e. The first kappa shape index (κ1) is 18.5. The summed E-state index contributed by atoms with van der Waals surface area (Å²) < 4.78 is 0. The zero-order valence-electron chi connectivity index (χ0n) is 14.6. The molecule has 0 aliphatic rings. The first-order chi connectivity index (χ1) is 11.5. The van der Waals surface area contributed by atoms with E-state index in [2.05, 4.69) is 26.8 Å². The average molecular weight is 337 g/mol. The van der Waals surface area contributed by atoms with E-state index in [1.54, 1.807) is 12.1 Å².